The molecule has 1 aliphatic carbocycles. The van der Waals surface area contributed by atoms with Crippen LogP contribution in [0.5, 0.6) is 0 Å². The maximum atomic E-state index is 12.1. The molecule has 3 N–H and O–H groups in total. The van der Waals surface area contributed by atoms with Crippen LogP contribution in [0.1, 0.15) is 36.0 Å². The first-order valence-electron chi connectivity index (χ1n) is 6.79. The highest BCUT2D eigenvalue weighted by Crippen LogP contribution is 2.27. The van der Waals surface area contributed by atoms with Crippen molar-refractivity contribution in [2.24, 2.45) is 18.7 Å². The van der Waals surface area contributed by atoms with E-state index < -0.39 is 0 Å². The maximum Gasteiger partial charge on any atom is 0.251 e. The van der Waals surface area contributed by atoms with Crippen molar-refractivity contribution < 1.29 is 4.79 Å². The predicted octanol–water partition coefficient (Wildman–Crippen LogP) is 0.633. The summed E-state index contributed by atoms with van der Waals surface area (Å²) in [7, 11) is 1.66. The number of carbonyl (C=O) groups excluding carboxylic acids is 1. The van der Waals surface area contributed by atoms with Gasteiger partial charge in [0.25, 0.3) is 11.5 Å². The average Bonchev–Trinajstić information content (AvgIpc) is 2.92. The van der Waals surface area contributed by atoms with Gasteiger partial charge in [0.2, 0.25) is 0 Å². The molecule has 0 bridgehead atoms. The fourth-order valence-electron chi connectivity index (χ4n) is 2.67. The zero-order valence-electron chi connectivity index (χ0n) is 11.3. The van der Waals surface area contributed by atoms with Gasteiger partial charge >= 0.3 is 0 Å². The molecule has 19 heavy (non-hydrogen) atoms. The fourth-order valence-corrected chi connectivity index (χ4v) is 2.67. The molecule has 5 nitrogen and oxygen atoms in total. The first-order chi connectivity index (χ1) is 9.11. The third kappa shape index (κ3) is 3.23. The van der Waals surface area contributed by atoms with Gasteiger partial charge in [0.15, 0.2) is 0 Å². The summed E-state index contributed by atoms with van der Waals surface area (Å²) in [6.45, 7) is 0.446. The summed E-state index contributed by atoms with van der Waals surface area (Å²) in [5.74, 6) is 0.264. The van der Waals surface area contributed by atoms with E-state index in [4.69, 9.17) is 5.73 Å². The van der Waals surface area contributed by atoms with Crippen LogP contribution in [0.4, 0.5) is 0 Å². The maximum absolute atomic E-state index is 12.1. The van der Waals surface area contributed by atoms with E-state index in [0.717, 1.165) is 12.8 Å². The van der Waals surface area contributed by atoms with Crippen molar-refractivity contribution in [3.8, 4) is 0 Å². The topological polar surface area (TPSA) is 77.1 Å². The lowest BCUT2D eigenvalue weighted by molar-refractivity contribution is 0.0924. The van der Waals surface area contributed by atoms with Crippen LogP contribution in [0.15, 0.2) is 23.1 Å². The number of rotatable bonds is 4. The number of pyridine rings is 1. The highest BCUT2D eigenvalue weighted by molar-refractivity contribution is 5.94. The standard InChI is InChI=1S/C14H21N3O2/c1-17-7-6-11(8-13(17)18)14(19)16-12(9-15)10-4-2-3-5-10/h6-8,10,12H,2-5,9,15H2,1H3,(H,16,19). The van der Waals surface area contributed by atoms with Crippen LogP contribution < -0.4 is 16.6 Å². The Balaban J connectivity index is 2.06. The molecule has 5 heteroatoms. The molecule has 1 saturated carbocycles. The highest BCUT2D eigenvalue weighted by Gasteiger charge is 2.25. The Morgan fingerprint density at radius 3 is 2.79 bits per heavy atom. The molecule has 0 saturated heterocycles. The monoisotopic (exact) mass is 263 g/mol. The number of hydrogen-bond acceptors (Lipinski definition) is 3. The van der Waals surface area contributed by atoms with E-state index in [1.165, 1.54) is 23.5 Å². The summed E-state index contributed by atoms with van der Waals surface area (Å²) < 4.78 is 1.44. The second-order valence-corrected chi connectivity index (χ2v) is 5.22. The molecular weight excluding hydrogens is 242 g/mol. The van der Waals surface area contributed by atoms with Crippen molar-refractivity contribution in [2.45, 2.75) is 31.7 Å². The van der Waals surface area contributed by atoms with Crippen LogP contribution in [0.25, 0.3) is 0 Å². The van der Waals surface area contributed by atoms with E-state index in [9.17, 15) is 9.59 Å². The van der Waals surface area contributed by atoms with Gasteiger partial charge in [0.1, 0.15) is 0 Å². The third-order valence-corrected chi connectivity index (χ3v) is 3.91. The largest absolute Gasteiger partial charge is 0.348 e. The number of aryl methyl sites for hydroxylation is 1. The van der Waals surface area contributed by atoms with E-state index in [1.807, 2.05) is 0 Å². The molecule has 1 aliphatic rings. The molecule has 1 aromatic rings. The minimum Gasteiger partial charge on any atom is -0.348 e. The Bertz CT molecular complexity index is 504. The molecule has 1 fully saturated rings. The SMILES string of the molecule is Cn1ccc(C(=O)NC(CN)C2CCCC2)cc1=O. The zero-order valence-corrected chi connectivity index (χ0v) is 11.3. The molecule has 1 atom stereocenters. The minimum atomic E-state index is -0.208. The van der Waals surface area contributed by atoms with Crippen molar-refractivity contribution in [1.82, 2.24) is 9.88 Å². The summed E-state index contributed by atoms with van der Waals surface area (Å²) in [4.78, 5) is 23.6. The number of amides is 1. The lowest BCUT2D eigenvalue weighted by Crippen LogP contribution is -2.44. The van der Waals surface area contributed by atoms with Crippen molar-refractivity contribution >= 4 is 5.91 Å². The molecule has 1 unspecified atom stereocenters. The zero-order chi connectivity index (χ0) is 13.8. The van der Waals surface area contributed by atoms with Gasteiger partial charge in [-0.05, 0) is 24.8 Å². The molecular formula is C14H21N3O2. The number of carbonyl (C=O) groups is 1. The van der Waals surface area contributed by atoms with E-state index in [0.29, 0.717) is 18.0 Å². The van der Waals surface area contributed by atoms with Crippen molar-refractivity contribution in [1.29, 1.82) is 0 Å². The smallest absolute Gasteiger partial charge is 0.251 e. The predicted molar refractivity (Wildman–Crippen MR) is 73.9 cm³/mol. The minimum absolute atomic E-state index is 0.0130. The number of hydrogen-bond donors (Lipinski definition) is 2. The van der Waals surface area contributed by atoms with Gasteiger partial charge in [-0.25, -0.2) is 0 Å². The van der Waals surface area contributed by atoms with Gasteiger partial charge in [-0.1, -0.05) is 12.8 Å². The van der Waals surface area contributed by atoms with Crippen molar-refractivity contribution in [2.75, 3.05) is 6.54 Å². The van der Waals surface area contributed by atoms with Crippen molar-refractivity contribution in [3.63, 3.8) is 0 Å². The summed E-state index contributed by atoms with van der Waals surface area (Å²) in [6, 6.07) is 3.02. The van der Waals surface area contributed by atoms with E-state index in [-0.39, 0.29) is 17.5 Å². The second kappa shape index (κ2) is 6.02. The van der Waals surface area contributed by atoms with Gasteiger partial charge in [-0.15, -0.1) is 0 Å². The Hall–Kier alpha value is -1.62. The first kappa shape index (κ1) is 13.8. The molecule has 0 radical (unpaired) electrons. The first-order valence-corrected chi connectivity index (χ1v) is 6.79. The molecule has 0 spiro atoms. The summed E-state index contributed by atoms with van der Waals surface area (Å²) in [5.41, 5.74) is 5.97. The van der Waals surface area contributed by atoms with E-state index in [1.54, 1.807) is 19.3 Å². The van der Waals surface area contributed by atoms with E-state index >= 15 is 0 Å². The molecule has 1 amide bonds. The van der Waals surface area contributed by atoms with Crippen LogP contribution in [0.2, 0.25) is 0 Å². The molecule has 1 heterocycles. The summed E-state index contributed by atoms with van der Waals surface area (Å²) in [5, 5.41) is 2.96. The van der Waals surface area contributed by atoms with Crippen LogP contribution in [0.3, 0.4) is 0 Å². The number of nitrogens with one attached hydrogen (secondary N) is 1. The molecule has 2 rings (SSSR count). The third-order valence-electron chi connectivity index (χ3n) is 3.91. The molecule has 0 aliphatic heterocycles. The quantitative estimate of drug-likeness (QED) is 0.836. The Morgan fingerprint density at radius 1 is 1.53 bits per heavy atom. The highest BCUT2D eigenvalue weighted by atomic mass is 16.2. The summed E-state index contributed by atoms with van der Waals surface area (Å²) in [6.07, 6.45) is 6.27. The van der Waals surface area contributed by atoms with Gasteiger partial charge in [0.05, 0.1) is 0 Å². The number of aromatic nitrogens is 1. The number of nitrogens with two attached hydrogens (primary N) is 1. The molecule has 0 aromatic carbocycles. The molecule has 104 valence electrons. The average molecular weight is 263 g/mol. The van der Waals surface area contributed by atoms with Crippen LogP contribution in [0, 0.1) is 5.92 Å². The second-order valence-electron chi connectivity index (χ2n) is 5.22. The van der Waals surface area contributed by atoms with Crippen molar-refractivity contribution in [3.05, 3.63) is 34.2 Å². The van der Waals surface area contributed by atoms with Gasteiger partial charge in [0, 0.05) is 37.5 Å². The van der Waals surface area contributed by atoms with Gasteiger partial charge in [-0.2, -0.15) is 0 Å². The van der Waals surface area contributed by atoms with Gasteiger partial charge in [-0.3, -0.25) is 9.59 Å². The van der Waals surface area contributed by atoms with Gasteiger partial charge < -0.3 is 15.6 Å². The van der Waals surface area contributed by atoms with Crippen LogP contribution in [-0.2, 0) is 7.05 Å². The Kier molecular flexibility index (Phi) is 4.37. The number of nitrogens with zero attached hydrogens (tertiary/aromatic N) is 1. The normalized spacial score (nSPS) is 17.4. The van der Waals surface area contributed by atoms with Crippen LogP contribution >= 0.6 is 0 Å². The fraction of sp³-hybridized carbons (Fsp3) is 0.571. The lowest BCUT2D eigenvalue weighted by atomic mass is 9.98. The molecule has 1 aromatic heterocycles. The lowest BCUT2D eigenvalue weighted by Gasteiger charge is -2.23. The Morgan fingerprint density at radius 2 is 2.21 bits per heavy atom. The summed E-state index contributed by atoms with van der Waals surface area (Å²) >= 11 is 0. The van der Waals surface area contributed by atoms with E-state index in [2.05, 4.69) is 5.32 Å². The Labute approximate surface area is 112 Å². The van der Waals surface area contributed by atoms with Crippen LogP contribution in [-0.4, -0.2) is 23.1 Å².